The van der Waals surface area contributed by atoms with Crippen LogP contribution in [0, 0.1) is 11.6 Å². The minimum atomic E-state index is -0.823. The van der Waals surface area contributed by atoms with Crippen molar-refractivity contribution in [1.82, 2.24) is 24.5 Å². The average Bonchev–Trinajstić information content (AvgIpc) is 3.21. The fourth-order valence-electron chi connectivity index (χ4n) is 3.92. The van der Waals surface area contributed by atoms with Gasteiger partial charge in [0.2, 0.25) is 5.95 Å². The monoisotopic (exact) mass is 442 g/mol. The van der Waals surface area contributed by atoms with E-state index < -0.39 is 11.6 Å². The predicted octanol–water partition coefficient (Wildman–Crippen LogP) is 2.17. The maximum atomic E-state index is 14.2. The number of piperidine rings is 1. The van der Waals surface area contributed by atoms with E-state index in [1.165, 1.54) is 16.8 Å². The molecule has 3 aromatic rings. The van der Waals surface area contributed by atoms with Gasteiger partial charge >= 0.3 is 0 Å². The number of nitrogens with two attached hydrogens (primary N) is 2. The maximum Gasteiger partial charge on any atom is 0.270 e. The van der Waals surface area contributed by atoms with Gasteiger partial charge in [-0.2, -0.15) is 4.52 Å². The van der Waals surface area contributed by atoms with E-state index >= 15 is 0 Å². The average molecular weight is 442 g/mol. The van der Waals surface area contributed by atoms with Crippen LogP contribution >= 0.6 is 0 Å². The molecular weight excluding hydrogens is 418 g/mol. The van der Waals surface area contributed by atoms with Crippen LogP contribution in [0.5, 0.6) is 0 Å². The van der Waals surface area contributed by atoms with Gasteiger partial charge in [-0.15, -0.1) is 5.10 Å². The molecule has 0 aliphatic carbocycles. The second kappa shape index (κ2) is 8.48. The fraction of sp³-hybridized carbons (Fsp3) is 0.381. The zero-order valence-electron chi connectivity index (χ0n) is 17.8. The number of fused-ring (bicyclic) bond motifs is 3. The van der Waals surface area contributed by atoms with Gasteiger partial charge in [0.05, 0.1) is 11.1 Å². The first-order chi connectivity index (χ1) is 15.3. The number of amides is 1. The van der Waals surface area contributed by atoms with Gasteiger partial charge in [0.25, 0.3) is 5.91 Å². The molecule has 4 rings (SSSR count). The van der Waals surface area contributed by atoms with Crippen molar-refractivity contribution in [2.24, 2.45) is 10.7 Å². The number of aromatic nitrogens is 4. The second-order valence-electron chi connectivity index (χ2n) is 7.81. The van der Waals surface area contributed by atoms with Gasteiger partial charge in [-0.05, 0) is 38.8 Å². The van der Waals surface area contributed by atoms with E-state index in [-0.39, 0.29) is 46.1 Å². The number of carbonyl (C=O) groups is 1. The summed E-state index contributed by atoms with van der Waals surface area (Å²) >= 11 is 0. The molecule has 168 valence electrons. The lowest BCUT2D eigenvalue weighted by molar-refractivity contribution is -0.130. The highest BCUT2D eigenvalue weighted by atomic mass is 19.1. The molecule has 11 heteroatoms. The number of anilines is 1. The van der Waals surface area contributed by atoms with Gasteiger partial charge in [0.1, 0.15) is 11.3 Å². The van der Waals surface area contributed by atoms with Crippen LogP contribution in [-0.2, 0) is 4.79 Å². The lowest BCUT2D eigenvalue weighted by Gasteiger charge is -2.37. The molecule has 9 nitrogen and oxygen atoms in total. The first kappa shape index (κ1) is 21.6. The molecule has 1 saturated heterocycles. The SMILES string of the molecule is CCN=C/C=C(\N)C(=O)N1CC(c2nc3c4cc(F)cc(F)c4nc(N)n3n2)CC[C@@H]1C. The standard InChI is InChI=1S/C21H24F2N8O/c1-3-26-7-6-16(24)20(32)30-10-12(5-4-11(30)2)18-28-19-14-8-13(22)9-15(23)17(14)27-21(25)31(19)29-18/h6-9,11-12H,3-5,10,24H2,1-2H3,(H2,25,27)/b16-6-,26-7?/t11-,12?/m0/s1. The molecule has 3 heterocycles. The van der Waals surface area contributed by atoms with Crippen molar-refractivity contribution < 1.29 is 13.6 Å². The van der Waals surface area contributed by atoms with Crippen LogP contribution in [0.3, 0.4) is 0 Å². The first-order valence-corrected chi connectivity index (χ1v) is 10.4. The summed E-state index contributed by atoms with van der Waals surface area (Å²) in [5.74, 6) is -1.68. The number of aliphatic imine (C=N–C) groups is 1. The molecule has 0 spiro atoms. The number of nitrogens with zero attached hydrogens (tertiary/aromatic N) is 6. The van der Waals surface area contributed by atoms with Crippen molar-refractivity contribution >= 4 is 34.6 Å². The van der Waals surface area contributed by atoms with Crippen molar-refractivity contribution in [3.05, 3.63) is 41.4 Å². The minimum absolute atomic E-state index is 0.0124. The maximum absolute atomic E-state index is 14.2. The van der Waals surface area contributed by atoms with Crippen LogP contribution < -0.4 is 11.5 Å². The molecule has 2 atom stereocenters. The molecule has 1 unspecified atom stereocenters. The van der Waals surface area contributed by atoms with Crippen LogP contribution in [0.4, 0.5) is 14.7 Å². The highest BCUT2D eigenvalue weighted by molar-refractivity contribution is 5.96. The Labute approximate surface area is 182 Å². The summed E-state index contributed by atoms with van der Waals surface area (Å²) < 4.78 is 29.3. The largest absolute Gasteiger partial charge is 0.394 e. The van der Waals surface area contributed by atoms with Crippen molar-refractivity contribution in [3.8, 4) is 0 Å². The number of nitrogen functional groups attached to an aromatic ring is 1. The number of likely N-dealkylation sites (tertiary alicyclic amines) is 1. The third-order valence-electron chi connectivity index (χ3n) is 5.63. The van der Waals surface area contributed by atoms with Gasteiger partial charge < -0.3 is 16.4 Å². The number of hydrogen-bond donors (Lipinski definition) is 2. The summed E-state index contributed by atoms with van der Waals surface area (Å²) in [7, 11) is 0. The van der Waals surface area contributed by atoms with E-state index in [0.717, 1.165) is 25.0 Å². The number of hydrogen-bond acceptors (Lipinski definition) is 7. The Morgan fingerprint density at radius 2 is 2.09 bits per heavy atom. The van der Waals surface area contributed by atoms with Crippen LogP contribution in [0.15, 0.2) is 28.9 Å². The number of benzene rings is 1. The molecule has 1 fully saturated rings. The van der Waals surface area contributed by atoms with E-state index in [4.69, 9.17) is 11.5 Å². The summed E-state index contributed by atoms with van der Waals surface area (Å²) in [5.41, 5.74) is 12.2. The molecule has 1 aromatic carbocycles. The Balaban J connectivity index is 1.69. The van der Waals surface area contributed by atoms with Crippen molar-refractivity contribution in [2.45, 2.75) is 38.6 Å². The molecule has 1 aliphatic heterocycles. The fourth-order valence-corrected chi connectivity index (χ4v) is 3.92. The third kappa shape index (κ3) is 3.85. The Bertz CT molecular complexity index is 1250. The summed E-state index contributed by atoms with van der Waals surface area (Å²) in [6.45, 7) is 4.79. The quantitative estimate of drug-likeness (QED) is 0.471. The number of carbonyl (C=O) groups excluding carboxylic acids is 1. The highest BCUT2D eigenvalue weighted by Gasteiger charge is 2.33. The zero-order valence-corrected chi connectivity index (χ0v) is 17.8. The van der Waals surface area contributed by atoms with Crippen LogP contribution in [-0.4, -0.2) is 55.7 Å². The van der Waals surface area contributed by atoms with E-state index in [0.29, 0.717) is 18.9 Å². The Hall–Kier alpha value is -3.63. The minimum Gasteiger partial charge on any atom is -0.394 e. The molecule has 32 heavy (non-hydrogen) atoms. The van der Waals surface area contributed by atoms with E-state index in [1.807, 2.05) is 13.8 Å². The topological polar surface area (TPSA) is 128 Å². The van der Waals surface area contributed by atoms with Crippen LogP contribution in [0.25, 0.3) is 16.6 Å². The van der Waals surface area contributed by atoms with Crippen molar-refractivity contribution in [1.29, 1.82) is 0 Å². The van der Waals surface area contributed by atoms with Gasteiger partial charge in [-0.1, -0.05) is 0 Å². The zero-order chi connectivity index (χ0) is 23.0. The van der Waals surface area contributed by atoms with Crippen LogP contribution in [0.2, 0.25) is 0 Å². The molecule has 0 radical (unpaired) electrons. The van der Waals surface area contributed by atoms with Crippen molar-refractivity contribution in [3.63, 3.8) is 0 Å². The molecule has 1 aliphatic rings. The molecule has 0 saturated carbocycles. The highest BCUT2D eigenvalue weighted by Crippen LogP contribution is 2.31. The molecule has 2 aromatic heterocycles. The first-order valence-electron chi connectivity index (χ1n) is 10.4. The van der Waals surface area contributed by atoms with Gasteiger partial charge in [0.15, 0.2) is 17.3 Å². The summed E-state index contributed by atoms with van der Waals surface area (Å²) in [6, 6.07) is 1.89. The molecule has 4 N–H and O–H groups in total. The summed E-state index contributed by atoms with van der Waals surface area (Å²) in [6.07, 6.45) is 4.46. The second-order valence-corrected chi connectivity index (χ2v) is 7.81. The smallest absolute Gasteiger partial charge is 0.270 e. The normalized spacial score (nSPS) is 20.0. The van der Waals surface area contributed by atoms with E-state index in [1.54, 1.807) is 4.90 Å². The molecular formula is C21H24F2N8O. The van der Waals surface area contributed by atoms with Gasteiger partial charge in [-0.25, -0.2) is 18.7 Å². The van der Waals surface area contributed by atoms with Crippen molar-refractivity contribution in [2.75, 3.05) is 18.8 Å². The van der Waals surface area contributed by atoms with Gasteiger partial charge in [0, 0.05) is 37.3 Å². The number of rotatable bonds is 4. The lowest BCUT2D eigenvalue weighted by Crippen LogP contribution is -2.46. The predicted molar refractivity (Wildman–Crippen MR) is 117 cm³/mol. The lowest BCUT2D eigenvalue weighted by atomic mass is 9.92. The summed E-state index contributed by atoms with van der Waals surface area (Å²) in [4.78, 5) is 27.1. The summed E-state index contributed by atoms with van der Waals surface area (Å²) in [5, 5.41) is 4.61. The van der Waals surface area contributed by atoms with E-state index in [9.17, 15) is 13.6 Å². The number of allylic oxidation sites excluding steroid dienone is 1. The Morgan fingerprint density at radius 3 is 2.84 bits per heavy atom. The molecule has 1 amide bonds. The number of halogens is 2. The Kier molecular flexibility index (Phi) is 5.72. The molecule has 0 bridgehead atoms. The van der Waals surface area contributed by atoms with E-state index in [2.05, 4.69) is 20.1 Å². The third-order valence-corrected chi connectivity index (χ3v) is 5.63. The van der Waals surface area contributed by atoms with Gasteiger partial charge in [-0.3, -0.25) is 9.79 Å². The van der Waals surface area contributed by atoms with Crippen LogP contribution in [0.1, 0.15) is 38.4 Å². The Morgan fingerprint density at radius 1 is 1.31 bits per heavy atom.